The summed E-state index contributed by atoms with van der Waals surface area (Å²) in [6.07, 6.45) is 8.43. The lowest BCUT2D eigenvalue weighted by molar-refractivity contribution is 0.0671. The van der Waals surface area contributed by atoms with Gasteiger partial charge in [0.2, 0.25) is 0 Å². The van der Waals surface area contributed by atoms with Crippen LogP contribution in [-0.2, 0) is 12.6 Å². The smallest absolute Gasteiger partial charge is 0.191 e. The lowest BCUT2D eigenvalue weighted by Crippen LogP contribution is -2.41. The maximum atomic E-state index is 10.6. The molecule has 138 valence electrons. The van der Waals surface area contributed by atoms with Gasteiger partial charge in [-0.25, -0.2) is 4.99 Å². The zero-order valence-electron chi connectivity index (χ0n) is 16.0. The molecule has 0 aliphatic carbocycles. The van der Waals surface area contributed by atoms with Crippen LogP contribution in [0.5, 0.6) is 0 Å². The Kier molecular flexibility index (Phi) is 8.82. The van der Waals surface area contributed by atoms with Gasteiger partial charge < -0.3 is 15.7 Å². The van der Waals surface area contributed by atoms with Gasteiger partial charge in [-0.3, -0.25) is 4.68 Å². The monoisotopic (exact) mass is 337 g/mol. The third kappa shape index (κ3) is 6.91. The predicted molar refractivity (Wildman–Crippen MR) is 100 cm³/mol. The van der Waals surface area contributed by atoms with Crippen molar-refractivity contribution < 1.29 is 5.11 Å². The van der Waals surface area contributed by atoms with Gasteiger partial charge >= 0.3 is 0 Å². The first-order valence-electron chi connectivity index (χ1n) is 9.16. The topological polar surface area (TPSA) is 74.5 Å². The fourth-order valence-corrected chi connectivity index (χ4v) is 2.55. The Balaban J connectivity index is 2.64. The van der Waals surface area contributed by atoms with Gasteiger partial charge in [-0.15, -0.1) is 0 Å². The molecule has 0 amide bonds. The first kappa shape index (κ1) is 20.5. The molecule has 1 aromatic rings. The molecule has 0 bridgehead atoms. The zero-order valence-corrected chi connectivity index (χ0v) is 16.0. The maximum Gasteiger partial charge on any atom is 0.191 e. The molecule has 6 heteroatoms. The molecular weight excluding hydrogens is 302 g/mol. The van der Waals surface area contributed by atoms with Gasteiger partial charge in [0.25, 0.3) is 0 Å². The summed E-state index contributed by atoms with van der Waals surface area (Å²) in [5.74, 6) is 1.42. The SMILES string of the molecule is CCCCC(CC)CNC(=NCC(C)(O)c1cnn(C)c1)NCC. The van der Waals surface area contributed by atoms with Crippen LogP contribution in [0.25, 0.3) is 0 Å². The molecule has 2 atom stereocenters. The molecule has 0 spiro atoms. The van der Waals surface area contributed by atoms with E-state index in [-0.39, 0.29) is 0 Å². The molecule has 0 aromatic carbocycles. The van der Waals surface area contributed by atoms with E-state index in [9.17, 15) is 5.11 Å². The largest absolute Gasteiger partial charge is 0.383 e. The average molecular weight is 338 g/mol. The summed E-state index contributed by atoms with van der Waals surface area (Å²) in [6.45, 7) is 10.3. The molecule has 0 aliphatic heterocycles. The van der Waals surface area contributed by atoms with Crippen molar-refractivity contribution in [1.82, 2.24) is 20.4 Å². The second-order valence-corrected chi connectivity index (χ2v) is 6.67. The van der Waals surface area contributed by atoms with Gasteiger partial charge in [0.15, 0.2) is 5.96 Å². The quantitative estimate of drug-likeness (QED) is 0.453. The maximum absolute atomic E-state index is 10.6. The van der Waals surface area contributed by atoms with Crippen LogP contribution >= 0.6 is 0 Å². The second-order valence-electron chi connectivity index (χ2n) is 6.67. The summed E-state index contributed by atoms with van der Waals surface area (Å²) in [6, 6.07) is 0. The highest BCUT2D eigenvalue weighted by Crippen LogP contribution is 2.19. The average Bonchev–Trinajstić information content (AvgIpc) is 3.00. The second kappa shape index (κ2) is 10.3. The van der Waals surface area contributed by atoms with E-state index in [1.165, 1.54) is 25.7 Å². The highest BCUT2D eigenvalue weighted by molar-refractivity contribution is 5.79. The van der Waals surface area contributed by atoms with Crippen molar-refractivity contribution in [3.8, 4) is 0 Å². The van der Waals surface area contributed by atoms with Gasteiger partial charge in [-0.1, -0.05) is 33.1 Å². The highest BCUT2D eigenvalue weighted by Gasteiger charge is 2.24. The van der Waals surface area contributed by atoms with Crippen LogP contribution in [0.15, 0.2) is 17.4 Å². The fourth-order valence-electron chi connectivity index (χ4n) is 2.55. The number of guanidine groups is 1. The van der Waals surface area contributed by atoms with Crippen molar-refractivity contribution in [3.63, 3.8) is 0 Å². The Bertz CT molecular complexity index is 495. The summed E-state index contributed by atoms with van der Waals surface area (Å²) in [7, 11) is 1.84. The molecule has 0 radical (unpaired) electrons. The van der Waals surface area contributed by atoms with Crippen molar-refractivity contribution in [3.05, 3.63) is 18.0 Å². The number of nitrogens with one attached hydrogen (secondary N) is 2. The van der Waals surface area contributed by atoms with Crippen LogP contribution in [0.1, 0.15) is 58.9 Å². The molecule has 1 heterocycles. The molecule has 24 heavy (non-hydrogen) atoms. The Morgan fingerprint density at radius 1 is 1.38 bits per heavy atom. The third-order valence-electron chi connectivity index (χ3n) is 4.32. The van der Waals surface area contributed by atoms with Crippen LogP contribution in [0, 0.1) is 5.92 Å². The van der Waals surface area contributed by atoms with Crippen LogP contribution < -0.4 is 10.6 Å². The first-order chi connectivity index (χ1) is 11.4. The van der Waals surface area contributed by atoms with Crippen LogP contribution in [0.4, 0.5) is 0 Å². The number of unbranched alkanes of at least 4 members (excludes halogenated alkanes) is 1. The van der Waals surface area contributed by atoms with E-state index in [1.54, 1.807) is 17.8 Å². The zero-order chi connectivity index (χ0) is 18.0. The normalized spacial score (nSPS) is 15.8. The summed E-state index contributed by atoms with van der Waals surface area (Å²) in [5, 5.41) is 21.4. The Morgan fingerprint density at radius 3 is 2.67 bits per heavy atom. The molecule has 0 fully saturated rings. The molecule has 1 rings (SSSR count). The molecule has 6 nitrogen and oxygen atoms in total. The highest BCUT2D eigenvalue weighted by atomic mass is 16.3. The third-order valence-corrected chi connectivity index (χ3v) is 4.32. The Hall–Kier alpha value is -1.56. The van der Waals surface area contributed by atoms with Gasteiger partial charge in [-0.05, 0) is 26.2 Å². The van der Waals surface area contributed by atoms with Crippen LogP contribution in [0.3, 0.4) is 0 Å². The first-order valence-corrected chi connectivity index (χ1v) is 9.16. The van der Waals surface area contributed by atoms with E-state index in [0.29, 0.717) is 12.5 Å². The molecule has 0 saturated heterocycles. The van der Waals surface area contributed by atoms with Crippen molar-refractivity contribution >= 4 is 5.96 Å². The lowest BCUT2D eigenvalue weighted by Gasteiger charge is -2.22. The summed E-state index contributed by atoms with van der Waals surface area (Å²) < 4.78 is 1.69. The number of aryl methyl sites for hydroxylation is 1. The van der Waals surface area contributed by atoms with Crippen LogP contribution in [0.2, 0.25) is 0 Å². The molecule has 0 saturated carbocycles. The van der Waals surface area contributed by atoms with Crippen molar-refractivity contribution in [2.24, 2.45) is 18.0 Å². The number of nitrogens with zero attached hydrogens (tertiary/aromatic N) is 3. The summed E-state index contributed by atoms with van der Waals surface area (Å²) in [4.78, 5) is 4.56. The van der Waals surface area contributed by atoms with E-state index >= 15 is 0 Å². The number of hydrogen-bond acceptors (Lipinski definition) is 3. The predicted octanol–water partition coefficient (Wildman–Crippen LogP) is 2.40. The molecular formula is C18H35N5O. The number of aliphatic hydroxyl groups is 1. The van der Waals surface area contributed by atoms with Crippen molar-refractivity contribution in [2.45, 2.75) is 59.0 Å². The minimum atomic E-state index is -1.02. The molecule has 1 aromatic heterocycles. The molecule has 2 unspecified atom stereocenters. The summed E-state index contributed by atoms with van der Waals surface area (Å²) >= 11 is 0. The van der Waals surface area contributed by atoms with Crippen molar-refractivity contribution in [2.75, 3.05) is 19.6 Å². The number of hydrogen-bond donors (Lipinski definition) is 3. The van der Waals surface area contributed by atoms with Gasteiger partial charge in [-0.2, -0.15) is 5.10 Å². The molecule has 3 N–H and O–H groups in total. The molecule has 0 aliphatic rings. The van der Waals surface area contributed by atoms with Crippen LogP contribution in [-0.4, -0.2) is 40.5 Å². The lowest BCUT2D eigenvalue weighted by atomic mass is 9.99. The van der Waals surface area contributed by atoms with Gasteiger partial charge in [0.1, 0.15) is 5.60 Å². The minimum Gasteiger partial charge on any atom is -0.383 e. The Morgan fingerprint density at radius 2 is 2.12 bits per heavy atom. The number of rotatable bonds is 10. The standard InChI is InChI=1S/C18H35N5O/c1-6-9-10-15(7-2)11-20-17(19-8-3)21-14-18(4,24)16-12-22-23(5)13-16/h12-13,15,24H,6-11,14H2,1-5H3,(H2,19,20,21). The fraction of sp³-hybridized carbons (Fsp3) is 0.778. The van der Waals surface area contributed by atoms with E-state index in [4.69, 9.17) is 0 Å². The van der Waals surface area contributed by atoms with E-state index in [1.807, 2.05) is 20.2 Å². The summed E-state index contributed by atoms with van der Waals surface area (Å²) in [5.41, 5.74) is -0.248. The van der Waals surface area contributed by atoms with Gasteiger partial charge in [0, 0.05) is 31.9 Å². The van der Waals surface area contributed by atoms with Gasteiger partial charge in [0.05, 0.1) is 12.7 Å². The van der Waals surface area contributed by atoms with E-state index in [0.717, 1.165) is 24.6 Å². The van der Waals surface area contributed by atoms with E-state index < -0.39 is 5.60 Å². The van der Waals surface area contributed by atoms with E-state index in [2.05, 4.69) is 34.6 Å². The minimum absolute atomic E-state index is 0.291. The number of aromatic nitrogens is 2. The number of aliphatic imine (C=N–C) groups is 1. The van der Waals surface area contributed by atoms with Crippen molar-refractivity contribution in [1.29, 1.82) is 0 Å². The Labute approximate surface area is 146 Å².